The van der Waals surface area contributed by atoms with Crippen LogP contribution in [0.1, 0.15) is 44.2 Å². The number of carbonyl (C=O) groups excluding carboxylic acids is 2. The Labute approximate surface area is 161 Å². The number of rotatable bonds is 5. The normalized spacial score (nSPS) is 27.0. The zero-order valence-corrected chi connectivity index (χ0v) is 16.1. The van der Waals surface area contributed by atoms with Crippen LogP contribution in [0.5, 0.6) is 0 Å². The van der Waals surface area contributed by atoms with E-state index in [1.807, 2.05) is 28.0 Å². The summed E-state index contributed by atoms with van der Waals surface area (Å²) in [6.07, 6.45) is 7.52. The van der Waals surface area contributed by atoms with Gasteiger partial charge in [0.15, 0.2) is 0 Å². The van der Waals surface area contributed by atoms with Crippen LogP contribution in [0.3, 0.4) is 0 Å². The third-order valence-corrected chi connectivity index (χ3v) is 6.43. The molecule has 3 aliphatic heterocycles. The van der Waals surface area contributed by atoms with Crippen LogP contribution in [0.25, 0.3) is 0 Å². The van der Waals surface area contributed by atoms with Crippen molar-refractivity contribution in [1.82, 2.24) is 19.7 Å². The summed E-state index contributed by atoms with van der Waals surface area (Å²) in [6.45, 7) is 6.33. The first-order valence-corrected chi connectivity index (χ1v) is 10.3. The van der Waals surface area contributed by atoms with E-state index in [-0.39, 0.29) is 11.3 Å². The monoisotopic (exact) mass is 370 g/mol. The minimum Gasteiger partial charge on any atom is -0.341 e. The van der Waals surface area contributed by atoms with Crippen LogP contribution in [-0.4, -0.2) is 70.8 Å². The molecule has 3 aliphatic rings. The average Bonchev–Trinajstić information content (AvgIpc) is 3.09. The molecule has 0 aromatic carbocycles. The lowest BCUT2D eigenvalue weighted by molar-refractivity contribution is -0.140. The number of hydrogen-bond donors (Lipinski definition) is 0. The minimum absolute atomic E-state index is 0.204. The Morgan fingerprint density at radius 3 is 2.59 bits per heavy atom. The van der Waals surface area contributed by atoms with E-state index in [0.29, 0.717) is 25.3 Å². The van der Waals surface area contributed by atoms with E-state index in [4.69, 9.17) is 0 Å². The summed E-state index contributed by atoms with van der Waals surface area (Å²) in [5.74, 6) is 0.567. The maximum atomic E-state index is 12.5. The Kier molecular flexibility index (Phi) is 5.43. The molecule has 6 nitrogen and oxygen atoms in total. The molecule has 1 aromatic heterocycles. The third-order valence-electron chi connectivity index (χ3n) is 6.43. The highest BCUT2D eigenvalue weighted by atomic mass is 16.2. The number of pyridine rings is 1. The van der Waals surface area contributed by atoms with E-state index in [1.54, 1.807) is 6.20 Å². The predicted octanol–water partition coefficient (Wildman–Crippen LogP) is 1.91. The van der Waals surface area contributed by atoms with Crippen molar-refractivity contribution in [3.05, 3.63) is 30.1 Å². The number of nitrogens with zero attached hydrogens (tertiary/aromatic N) is 4. The molecule has 0 radical (unpaired) electrons. The van der Waals surface area contributed by atoms with Gasteiger partial charge in [-0.3, -0.25) is 14.6 Å². The first-order chi connectivity index (χ1) is 13.1. The molecule has 3 fully saturated rings. The summed E-state index contributed by atoms with van der Waals surface area (Å²) in [6, 6.07) is 5.89. The van der Waals surface area contributed by atoms with Crippen molar-refractivity contribution < 1.29 is 9.59 Å². The van der Waals surface area contributed by atoms with Crippen LogP contribution in [0.2, 0.25) is 0 Å². The molecule has 0 N–H and O–H groups in total. The van der Waals surface area contributed by atoms with E-state index in [2.05, 4.69) is 9.88 Å². The van der Waals surface area contributed by atoms with Crippen molar-refractivity contribution in [3.8, 4) is 0 Å². The Balaban J connectivity index is 1.36. The molecule has 0 saturated carbocycles. The second-order valence-electron chi connectivity index (χ2n) is 8.43. The molecule has 146 valence electrons. The third kappa shape index (κ3) is 4.32. The fourth-order valence-electron chi connectivity index (χ4n) is 4.97. The summed E-state index contributed by atoms with van der Waals surface area (Å²) < 4.78 is 0. The molecule has 3 saturated heterocycles. The second kappa shape index (κ2) is 7.97. The lowest BCUT2D eigenvalue weighted by Crippen LogP contribution is -2.54. The van der Waals surface area contributed by atoms with Gasteiger partial charge in [-0.15, -0.1) is 0 Å². The summed E-state index contributed by atoms with van der Waals surface area (Å²) >= 11 is 0. The van der Waals surface area contributed by atoms with Gasteiger partial charge in [0.1, 0.15) is 0 Å². The van der Waals surface area contributed by atoms with Crippen molar-refractivity contribution in [2.24, 2.45) is 5.41 Å². The quantitative estimate of drug-likeness (QED) is 0.794. The van der Waals surface area contributed by atoms with E-state index in [0.717, 1.165) is 57.8 Å². The van der Waals surface area contributed by atoms with E-state index in [9.17, 15) is 9.59 Å². The Bertz CT molecular complexity index is 680. The van der Waals surface area contributed by atoms with Gasteiger partial charge < -0.3 is 14.7 Å². The van der Waals surface area contributed by atoms with Crippen LogP contribution in [0.15, 0.2) is 24.4 Å². The maximum Gasteiger partial charge on any atom is 0.222 e. The smallest absolute Gasteiger partial charge is 0.222 e. The maximum absolute atomic E-state index is 12.5. The molecule has 0 bridgehead atoms. The Morgan fingerprint density at radius 2 is 1.81 bits per heavy atom. The number of likely N-dealkylation sites (tertiary alicyclic amines) is 3. The number of hydrogen-bond acceptors (Lipinski definition) is 4. The Hall–Kier alpha value is -1.95. The molecule has 27 heavy (non-hydrogen) atoms. The first kappa shape index (κ1) is 18.4. The fraction of sp³-hybridized carbons (Fsp3) is 0.667. The first-order valence-electron chi connectivity index (χ1n) is 10.3. The summed E-state index contributed by atoms with van der Waals surface area (Å²) in [7, 11) is 0. The van der Waals surface area contributed by atoms with Crippen molar-refractivity contribution in [2.75, 3.05) is 39.3 Å². The van der Waals surface area contributed by atoms with Gasteiger partial charge in [-0.25, -0.2) is 0 Å². The number of piperidine rings is 2. The molecule has 1 aromatic rings. The molecular formula is C21H30N4O2. The standard InChI is InChI=1S/C21H30N4O2/c26-19-6-3-12-24(19)14-13-23-11-4-8-21(16-23)9-7-20(27)25(17-21)15-18-5-1-2-10-22-18/h1-2,5,10H,3-4,6-9,11-17H2/t21-/m0/s1. The highest BCUT2D eigenvalue weighted by molar-refractivity contribution is 5.78. The van der Waals surface area contributed by atoms with Gasteiger partial charge in [-0.1, -0.05) is 6.07 Å². The molecule has 1 spiro atoms. The largest absolute Gasteiger partial charge is 0.341 e. The number of aromatic nitrogens is 1. The minimum atomic E-state index is 0.204. The van der Waals surface area contributed by atoms with Gasteiger partial charge in [0.25, 0.3) is 0 Å². The predicted molar refractivity (Wildman–Crippen MR) is 103 cm³/mol. The number of carbonyl (C=O) groups is 2. The van der Waals surface area contributed by atoms with Crippen LogP contribution in [0, 0.1) is 5.41 Å². The lowest BCUT2D eigenvalue weighted by Gasteiger charge is -2.48. The summed E-state index contributed by atoms with van der Waals surface area (Å²) in [5, 5.41) is 0. The second-order valence-corrected chi connectivity index (χ2v) is 8.43. The van der Waals surface area contributed by atoms with Crippen molar-refractivity contribution >= 4 is 11.8 Å². The fourth-order valence-corrected chi connectivity index (χ4v) is 4.97. The zero-order chi connectivity index (χ0) is 18.7. The molecular weight excluding hydrogens is 340 g/mol. The number of amides is 2. The van der Waals surface area contributed by atoms with Crippen LogP contribution >= 0.6 is 0 Å². The van der Waals surface area contributed by atoms with Crippen LogP contribution in [-0.2, 0) is 16.1 Å². The van der Waals surface area contributed by atoms with Crippen LogP contribution in [0.4, 0.5) is 0 Å². The van der Waals surface area contributed by atoms with E-state index < -0.39 is 0 Å². The SMILES string of the molecule is O=C1CCCN1CCN1CCC[C@]2(CCC(=O)N(Cc3ccccn3)C2)C1. The summed E-state index contributed by atoms with van der Waals surface area (Å²) in [5.41, 5.74) is 1.17. The molecule has 2 amide bonds. The van der Waals surface area contributed by atoms with E-state index in [1.165, 1.54) is 12.8 Å². The average molecular weight is 370 g/mol. The van der Waals surface area contributed by atoms with Gasteiger partial charge in [-0.2, -0.15) is 0 Å². The van der Waals surface area contributed by atoms with Gasteiger partial charge in [0.2, 0.25) is 11.8 Å². The molecule has 1 atom stereocenters. The van der Waals surface area contributed by atoms with Crippen molar-refractivity contribution in [1.29, 1.82) is 0 Å². The van der Waals surface area contributed by atoms with Gasteiger partial charge in [-0.05, 0) is 44.4 Å². The van der Waals surface area contributed by atoms with Crippen molar-refractivity contribution in [2.45, 2.75) is 45.1 Å². The summed E-state index contributed by atoms with van der Waals surface area (Å²) in [4.78, 5) is 35.3. The molecule has 0 aliphatic carbocycles. The molecule has 6 heteroatoms. The molecule has 4 heterocycles. The van der Waals surface area contributed by atoms with Crippen molar-refractivity contribution in [3.63, 3.8) is 0 Å². The molecule has 4 rings (SSSR count). The van der Waals surface area contributed by atoms with E-state index >= 15 is 0 Å². The highest BCUT2D eigenvalue weighted by Gasteiger charge is 2.41. The zero-order valence-electron chi connectivity index (χ0n) is 16.1. The highest BCUT2D eigenvalue weighted by Crippen LogP contribution is 2.39. The lowest BCUT2D eigenvalue weighted by atomic mass is 9.73. The molecule has 0 unspecified atom stereocenters. The Morgan fingerprint density at radius 1 is 0.926 bits per heavy atom. The topological polar surface area (TPSA) is 56.8 Å². The van der Waals surface area contributed by atoms with Gasteiger partial charge >= 0.3 is 0 Å². The van der Waals surface area contributed by atoms with Crippen LogP contribution < -0.4 is 0 Å². The van der Waals surface area contributed by atoms with Gasteiger partial charge in [0, 0.05) is 57.2 Å². The van der Waals surface area contributed by atoms with Gasteiger partial charge in [0.05, 0.1) is 12.2 Å².